The van der Waals surface area contributed by atoms with E-state index in [1.807, 2.05) is 6.07 Å². The summed E-state index contributed by atoms with van der Waals surface area (Å²) in [5.41, 5.74) is 1.29. The van der Waals surface area contributed by atoms with Gasteiger partial charge in [-0.3, -0.25) is 19.3 Å². The van der Waals surface area contributed by atoms with Crippen LogP contribution < -0.4 is 0 Å². The second-order valence-corrected chi connectivity index (χ2v) is 6.05. The molecule has 1 fully saturated rings. The Balaban J connectivity index is 1.82. The summed E-state index contributed by atoms with van der Waals surface area (Å²) in [4.78, 5) is 35.3. The van der Waals surface area contributed by atoms with Crippen LogP contribution in [0.15, 0.2) is 45.7 Å². The number of benzene rings is 1. The molecule has 0 spiro atoms. The third-order valence-corrected chi connectivity index (χ3v) is 4.27. The van der Waals surface area contributed by atoms with Gasteiger partial charge in [-0.1, -0.05) is 0 Å². The SMILES string of the molecule is N#Cc1ccc(-c2ccc(/C=C3\SC(=O)N(CC(=O)O)C3=O)o2)cc1. The van der Waals surface area contributed by atoms with Gasteiger partial charge in [-0.2, -0.15) is 5.26 Å². The number of carboxylic acids is 1. The molecule has 1 aliphatic heterocycles. The minimum atomic E-state index is -1.26. The summed E-state index contributed by atoms with van der Waals surface area (Å²) < 4.78 is 5.63. The summed E-state index contributed by atoms with van der Waals surface area (Å²) in [6, 6.07) is 12.2. The molecule has 0 aliphatic carbocycles. The number of thioether (sulfide) groups is 1. The van der Waals surface area contributed by atoms with Crippen LogP contribution in [-0.4, -0.2) is 33.7 Å². The third-order valence-electron chi connectivity index (χ3n) is 3.37. The maximum atomic E-state index is 12.1. The molecule has 25 heavy (non-hydrogen) atoms. The molecule has 8 heteroatoms. The number of aliphatic carboxylic acids is 1. The van der Waals surface area contributed by atoms with Gasteiger partial charge >= 0.3 is 5.97 Å². The second kappa shape index (κ2) is 6.67. The molecule has 2 aromatic rings. The summed E-state index contributed by atoms with van der Waals surface area (Å²) in [6.07, 6.45) is 1.40. The van der Waals surface area contributed by atoms with Crippen molar-refractivity contribution < 1.29 is 23.9 Å². The minimum Gasteiger partial charge on any atom is -0.480 e. The number of imide groups is 1. The van der Waals surface area contributed by atoms with Crippen LogP contribution in [0.1, 0.15) is 11.3 Å². The highest BCUT2D eigenvalue weighted by atomic mass is 32.2. The molecule has 1 aliphatic rings. The molecule has 124 valence electrons. The molecule has 1 N–H and O–H groups in total. The number of carbonyl (C=O) groups excluding carboxylic acids is 2. The summed E-state index contributed by atoms with van der Waals surface area (Å²) in [5, 5.41) is 16.9. The first-order valence-corrected chi connectivity index (χ1v) is 7.87. The number of hydrogen-bond acceptors (Lipinski definition) is 6. The van der Waals surface area contributed by atoms with Crippen molar-refractivity contribution in [2.24, 2.45) is 0 Å². The highest BCUT2D eigenvalue weighted by Gasteiger charge is 2.36. The van der Waals surface area contributed by atoms with Gasteiger partial charge in [0.25, 0.3) is 11.1 Å². The van der Waals surface area contributed by atoms with Crippen molar-refractivity contribution in [3.8, 4) is 17.4 Å². The van der Waals surface area contributed by atoms with E-state index in [4.69, 9.17) is 14.8 Å². The second-order valence-electron chi connectivity index (χ2n) is 5.05. The molecular weight excluding hydrogens is 344 g/mol. The van der Waals surface area contributed by atoms with Crippen LogP contribution in [0.4, 0.5) is 4.79 Å². The molecular formula is C17H10N2O5S. The van der Waals surface area contributed by atoms with Crippen molar-refractivity contribution in [3.63, 3.8) is 0 Å². The predicted molar refractivity (Wildman–Crippen MR) is 89.2 cm³/mol. The van der Waals surface area contributed by atoms with Gasteiger partial charge < -0.3 is 9.52 Å². The number of rotatable bonds is 4. The molecule has 1 saturated heterocycles. The van der Waals surface area contributed by atoms with Gasteiger partial charge in [-0.25, -0.2) is 0 Å². The highest BCUT2D eigenvalue weighted by Crippen LogP contribution is 2.33. The largest absolute Gasteiger partial charge is 0.480 e. The first-order valence-electron chi connectivity index (χ1n) is 7.05. The van der Waals surface area contributed by atoms with Gasteiger partial charge in [0, 0.05) is 11.6 Å². The molecule has 1 aromatic heterocycles. The third kappa shape index (κ3) is 3.46. The minimum absolute atomic E-state index is 0.104. The lowest BCUT2D eigenvalue weighted by molar-refractivity contribution is -0.140. The lowest BCUT2D eigenvalue weighted by atomic mass is 10.1. The Morgan fingerprint density at radius 3 is 2.60 bits per heavy atom. The van der Waals surface area contributed by atoms with Gasteiger partial charge in [-0.15, -0.1) is 0 Å². The highest BCUT2D eigenvalue weighted by molar-refractivity contribution is 8.18. The Bertz CT molecular complexity index is 937. The van der Waals surface area contributed by atoms with Crippen molar-refractivity contribution in [1.82, 2.24) is 4.90 Å². The van der Waals surface area contributed by atoms with E-state index in [9.17, 15) is 14.4 Å². The van der Waals surface area contributed by atoms with Crippen LogP contribution in [-0.2, 0) is 9.59 Å². The molecule has 2 heterocycles. The average Bonchev–Trinajstić information content (AvgIpc) is 3.15. The van der Waals surface area contributed by atoms with E-state index in [-0.39, 0.29) is 4.91 Å². The molecule has 3 rings (SSSR count). The van der Waals surface area contributed by atoms with Crippen molar-refractivity contribution >= 4 is 35.0 Å². The molecule has 7 nitrogen and oxygen atoms in total. The lowest BCUT2D eigenvalue weighted by Crippen LogP contribution is -2.33. The van der Waals surface area contributed by atoms with Crippen LogP contribution in [0.25, 0.3) is 17.4 Å². The molecule has 0 saturated carbocycles. The van der Waals surface area contributed by atoms with Crippen molar-refractivity contribution in [2.45, 2.75) is 0 Å². The monoisotopic (exact) mass is 354 g/mol. The number of amides is 2. The topological polar surface area (TPSA) is 112 Å². The molecule has 0 atom stereocenters. The van der Waals surface area contributed by atoms with E-state index in [0.29, 0.717) is 33.7 Å². The fraction of sp³-hybridized carbons (Fsp3) is 0.0588. The van der Waals surface area contributed by atoms with Crippen molar-refractivity contribution in [2.75, 3.05) is 6.54 Å². The Morgan fingerprint density at radius 1 is 1.24 bits per heavy atom. The van der Waals surface area contributed by atoms with E-state index < -0.39 is 23.7 Å². The number of nitriles is 1. The molecule has 1 aromatic carbocycles. The summed E-state index contributed by atoms with van der Waals surface area (Å²) in [6.45, 7) is -0.670. The standard InChI is InChI=1S/C17H10N2O5S/c18-8-10-1-3-11(4-2-10)13-6-5-12(24-13)7-14-16(22)19(9-15(20)21)17(23)25-14/h1-7H,9H2,(H,20,21)/b14-7-. The fourth-order valence-electron chi connectivity index (χ4n) is 2.20. The lowest BCUT2D eigenvalue weighted by Gasteiger charge is -2.07. The summed E-state index contributed by atoms with van der Waals surface area (Å²) in [7, 11) is 0. The first kappa shape index (κ1) is 16.5. The maximum absolute atomic E-state index is 12.1. The van der Waals surface area contributed by atoms with Crippen LogP contribution in [0, 0.1) is 11.3 Å². The first-order chi connectivity index (χ1) is 12.0. The van der Waals surface area contributed by atoms with Crippen molar-refractivity contribution in [1.29, 1.82) is 5.26 Å². The van der Waals surface area contributed by atoms with Gasteiger partial charge in [-0.05, 0) is 48.2 Å². The number of carboxylic acid groups (broad SMARTS) is 1. The quantitative estimate of drug-likeness (QED) is 0.840. The summed E-state index contributed by atoms with van der Waals surface area (Å²) >= 11 is 0.668. The average molecular weight is 354 g/mol. The van der Waals surface area contributed by atoms with Crippen LogP contribution in [0.5, 0.6) is 0 Å². The van der Waals surface area contributed by atoms with Gasteiger partial charge in [0.15, 0.2) is 0 Å². The van der Waals surface area contributed by atoms with Crippen LogP contribution >= 0.6 is 11.8 Å². The zero-order valence-corrected chi connectivity index (χ0v) is 13.4. The number of hydrogen-bond donors (Lipinski definition) is 1. The molecule has 0 radical (unpaired) electrons. The Kier molecular flexibility index (Phi) is 4.41. The molecule has 0 unspecified atom stereocenters. The Labute approximate surface area is 146 Å². The van der Waals surface area contributed by atoms with E-state index in [1.54, 1.807) is 36.4 Å². The van der Waals surface area contributed by atoms with E-state index >= 15 is 0 Å². The molecule has 0 bridgehead atoms. The zero-order chi connectivity index (χ0) is 18.0. The van der Waals surface area contributed by atoms with E-state index in [2.05, 4.69) is 0 Å². The predicted octanol–water partition coefficient (Wildman–Crippen LogP) is 2.94. The number of carbonyl (C=O) groups is 3. The van der Waals surface area contributed by atoms with Gasteiger partial charge in [0.05, 0.1) is 16.5 Å². The summed E-state index contributed by atoms with van der Waals surface area (Å²) in [5.74, 6) is -1.01. The maximum Gasteiger partial charge on any atom is 0.323 e. The Morgan fingerprint density at radius 2 is 1.96 bits per heavy atom. The van der Waals surface area contributed by atoms with Gasteiger partial charge in [0.2, 0.25) is 0 Å². The van der Waals surface area contributed by atoms with Crippen LogP contribution in [0.3, 0.4) is 0 Å². The fourth-order valence-corrected chi connectivity index (χ4v) is 3.01. The van der Waals surface area contributed by atoms with E-state index in [1.165, 1.54) is 6.08 Å². The number of furan rings is 1. The Hall–Kier alpha value is -3.31. The number of nitrogens with zero attached hydrogens (tertiary/aromatic N) is 2. The van der Waals surface area contributed by atoms with Gasteiger partial charge in [0.1, 0.15) is 18.1 Å². The van der Waals surface area contributed by atoms with Crippen molar-refractivity contribution in [3.05, 3.63) is 52.6 Å². The zero-order valence-electron chi connectivity index (χ0n) is 12.6. The van der Waals surface area contributed by atoms with E-state index in [0.717, 1.165) is 5.56 Å². The van der Waals surface area contributed by atoms with Crippen LogP contribution in [0.2, 0.25) is 0 Å². The normalized spacial score (nSPS) is 15.6. The molecule has 2 amide bonds. The smallest absolute Gasteiger partial charge is 0.323 e.